The van der Waals surface area contributed by atoms with Crippen LogP contribution < -0.4 is 20.5 Å². The summed E-state index contributed by atoms with van der Waals surface area (Å²) >= 11 is 0. The summed E-state index contributed by atoms with van der Waals surface area (Å²) in [6.07, 6.45) is 0.501. The van der Waals surface area contributed by atoms with Crippen LogP contribution in [0.2, 0.25) is 0 Å². The summed E-state index contributed by atoms with van der Waals surface area (Å²) in [4.78, 5) is 12.7. The molecule has 0 aromatic heterocycles. The van der Waals surface area contributed by atoms with E-state index in [1.165, 1.54) is 0 Å². The number of rotatable bonds is 7. The molecule has 25 heavy (non-hydrogen) atoms. The number of benzene rings is 1. The van der Waals surface area contributed by atoms with Crippen LogP contribution in [0.5, 0.6) is 11.5 Å². The smallest absolute Gasteiger partial charge is 0.245 e. The predicted molar refractivity (Wildman–Crippen MR) is 101 cm³/mol. The van der Waals surface area contributed by atoms with Crippen LogP contribution in [0.4, 0.5) is 5.69 Å². The van der Waals surface area contributed by atoms with Crippen LogP contribution in [0.25, 0.3) is 0 Å². The van der Waals surface area contributed by atoms with E-state index in [0.717, 1.165) is 0 Å². The molecule has 1 saturated carbocycles. The summed E-state index contributed by atoms with van der Waals surface area (Å²) in [7, 11) is 1.57. The summed E-state index contributed by atoms with van der Waals surface area (Å²) in [6.45, 7) is 8.94. The van der Waals surface area contributed by atoms with Gasteiger partial charge in [0.15, 0.2) is 11.5 Å². The van der Waals surface area contributed by atoms with Gasteiger partial charge in [0.25, 0.3) is 0 Å². The van der Waals surface area contributed by atoms with Crippen molar-refractivity contribution in [2.24, 2.45) is 11.1 Å². The summed E-state index contributed by atoms with van der Waals surface area (Å²) in [6, 6.07) is 5.29. The number of carbonyl (C=O) groups excluding carboxylic acids is 1. The monoisotopic (exact) mass is 372 g/mol. The van der Waals surface area contributed by atoms with E-state index < -0.39 is 11.0 Å². The maximum absolute atomic E-state index is 12.7. The molecular weight excluding hydrogens is 344 g/mol. The second-order valence-electron chi connectivity index (χ2n) is 6.59. The lowest BCUT2D eigenvalue weighted by molar-refractivity contribution is -0.166. The number of methoxy groups -OCH3 is 1. The van der Waals surface area contributed by atoms with Crippen LogP contribution in [-0.4, -0.2) is 37.9 Å². The first kappa shape index (κ1) is 21.5. The fourth-order valence-electron chi connectivity index (χ4n) is 3.08. The topological polar surface area (TPSA) is 82.8 Å². The SMILES string of the molecule is CCOc1ccc(NC(=O)C2(N)CC(OCC)C2(C)C)cc1OC.Cl. The quantitative estimate of drug-likeness (QED) is 0.768. The van der Waals surface area contributed by atoms with Crippen molar-refractivity contribution in [2.45, 2.75) is 45.8 Å². The molecule has 7 heteroatoms. The largest absolute Gasteiger partial charge is 0.493 e. The Hall–Kier alpha value is -1.50. The lowest BCUT2D eigenvalue weighted by atomic mass is 9.54. The van der Waals surface area contributed by atoms with Gasteiger partial charge < -0.3 is 25.3 Å². The summed E-state index contributed by atoms with van der Waals surface area (Å²) in [5.74, 6) is 0.997. The highest BCUT2D eigenvalue weighted by molar-refractivity contribution is 6.00. The third-order valence-electron chi connectivity index (χ3n) is 4.96. The van der Waals surface area contributed by atoms with E-state index in [-0.39, 0.29) is 24.4 Å². The average molecular weight is 373 g/mol. The van der Waals surface area contributed by atoms with E-state index in [1.807, 2.05) is 27.7 Å². The van der Waals surface area contributed by atoms with Gasteiger partial charge in [-0.05, 0) is 26.0 Å². The van der Waals surface area contributed by atoms with Gasteiger partial charge in [0, 0.05) is 30.2 Å². The molecule has 0 heterocycles. The summed E-state index contributed by atoms with van der Waals surface area (Å²) in [5, 5.41) is 2.89. The normalized spacial score (nSPS) is 23.8. The van der Waals surface area contributed by atoms with Crippen molar-refractivity contribution in [2.75, 3.05) is 25.6 Å². The van der Waals surface area contributed by atoms with Gasteiger partial charge in [-0.1, -0.05) is 13.8 Å². The van der Waals surface area contributed by atoms with Gasteiger partial charge in [-0.3, -0.25) is 4.79 Å². The van der Waals surface area contributed by atoms with Crippen molar-refractivity contribution in [1.29, 1.82) is 0 Å². The highest BCUT2D eigenvalue weighted by Gasteiger charge is 2.62. The molecule has 3 N–H and O–H groups in total. The van der Waals surface area contributed by atoms with E-state index in [1.54, 1.807) is 25.3 Å². The summed E-state index contributed by atoms with van der Waals surface area (Å²) in [5.41, 5.74) is 5.63. The van der Waals surface area contributed by atoms with Gasteiger partial charge >= 0.3 is 0 Å². The Kier molecular flexibility index (Phi) is 7.11. The number of halogens is 1. The minimum Gasteiger partial charge on any atom is -0.493 e. The minimum atomic E-state index is -0.960. The van der Waals surface area contributed by atoms with Gasteiger partial charge in [-0.15, -0.1) is 12.4 Å². The number of nitrogens with two attached hydrogens (primary N) is 1. The van der Waals surface area contributed by atoms with E-state index in [0.29, 0.717) is 36.8 Å². The number of hydrogen-bond donors (Lipinski definition) is 2. The fraction of sp³-hybridized carbons (Fsp3) is 0.611. The zero-order valence-corrected chi connectivity index (χ0v) is 16.4. The molecule has 0 radical (unpaired) electrons. The second-order valence-corrected chi connectivity index (χ2v) is 6.59. The van der Waals surface area contributed by atoms with Crippen LogP contribution in [0.1, 0.15) is 34.1 Å². The lowest BCUT2D eigenvalue weighted by Crippen LogP contribution is -2.74. The molecule has 0 aliphatic heterocycles. The molecule has 1 fully saturated rings. The maximum Gasteiger partial charge on any atom is 0.245 e. The van der Waals surface area contributed by atoms with Crippen molar-refractivity contribution >= 4 is 24.0 Å². The minimum absolute atomic E-state index is 0. The predicted octanol–water partition coefficient (Wildman–Crippen LogP) is 2.99. The third-order valence-corrected chi connectivity index (χ3v) is 4.96. The highest BCUT2D eigenvalue weighted by atomic mass is 35.5. The lowest BCUT2D eigenvalue weighted by Gasteiger charge is -2.57. The first-order valence-electron chi connectivity index (χ1n) is 8.33. The second kappa shape index (κ2) is 8.25. The molecule has 142 valence electrons. The molecule has 1 aromatic rings. The van der Waals surface area contributed by atoms with E-state index in [4.69, 9.17) is 19.9 Å². The molecule has 1 aromatic carbocycles. The van der Waals surface area contributed by atoms with Crippen LogP contribution in [0.3, 0.4) is 0 Å². The van der Waals surface area contributed by atoms with Crippen molar-refractivity contribution in [3.63, 3.8) is 0 Å². The van der Waals surface area contributed by atoms with Gasteiger partial charge in [-0.25, -0.2) is 0 Å². The molecule has 6 nitrogen and oxygen atoms in total. The maximum atomic E-state index is 12.7. The van der Waals surface area contributed by atoms with E-state index in [2.05, 4.69) is 5.32 Å². The third kappa shape index (κ3) is 3.86. The van der Waals surface area contributed by atoms with Gasteiger partial charge in [0.05, 0.1) is 19.8 Å². The van der Waals surface area contributed by atoms with Crippen molar-refractivity contribution in [1.82, 2.24) is 0 Å². The molecule has 0 saturated heterocycles. The van der Waals surface area contributed by atoms with E-state index >= 15 is 0 Å². The van der Waals surface area contributed by atoms with E-state index in [9.17, 15) is 4.79 Å². The molecule has 2 atom stereocenters. The molecule has 0 spiro atoms. The van der Waals surface area contributed by atoms with Crippen molar-refractivity contribution < 1.29 is 19.0 Å². The Morgan fingerprint density at radius 2 is 1.96 bits per heavy atom. The van der Waals surface area contributed by atoms with Crippen LogP contribution in [-0.2, 0) is 9.53 Å². The molecule has 1 amide bonds. The fourth-order valence-corrected chi connectivity index (χ4v) is 3.08. The zero-order chi connectivity index (χ0) is 18.0. The van der Waals surface area contributed by atoms with Crippen LogP contribution in [0.15, 0.2) is 18.2 Å². The summed E-state index contributed by atoms with van der Waals surface area (Å²) < 4.78 is 16.5. The Morgan fingerprint density at radius 3 is 2.48 bits per heavy atom. The Bertz CT molecular complexity index is 609. The molecule has 1 aliphatic carbocycles. The van der Waals surface area contributed by atoms with Crippen LogP contribution >= 0.6 is 12.4 Å². The Morgan fingerprint density at radius 1 is 1.28 bits per heavy atom. The Balaban J connectivity index is 0.00000312. The van der Waals surface area contributed by atoms with Gasteiger partial charge in [0.1, 0.15) is 5.54 Å². The number of amides is 1. The van der Waals surface area contributed by atoms with Crippen molar-refractivity contribution in [3.05, 3.63) is 18.2 Å². The first-order valence-corrected chi connectivity index (χ1v) is 8.33. The molecule has 0 bridgehead atoms. The van der Waals surface area contributed by atoms with Crippen LogP contribution in [0, 0.1) is 5.41 Å². The number of nitrogens with one attached hydrogen (secondary N) is 1. The number of hydrogen-bond acceptors (Lipinski definition) is 5. The standard InChI is InChI=1S/C18H28N2O4.ClH/c1-6-23-13-9-8-12(10-14(13)22-5)20-16(21)18(19)11-15(24-7-2)17(18,3)4;/h8-10,15H,6-7,11,19H2,1-5H3,(H,20,21);1H. The zero-order valence-electron chi connectivity index (χ0n) is 15.5. The first-order chi connectivity index (χ1) is 11.3. The number of ether oxygens (including phenoxy) is 3. The van der Waals surface area contributed by atoms with Gasteiger partial charge in [-0.2, -0.15) is 0 Å². The Labute approximate surface area is 155 Å². The molecular formula is C18H29ClN2O4. The number of anilines is 1. The average Bonchev–Trinajstić information content (AvgIpc) is 2.55. The molecule has 1 aliphatic rings. The number of carbonyl (C=O) groups is 1. The van der Waals surface area contributed by atoms with Crippen molar-refractivity contribution in [3.8, 4) is 11.5 Å². The highest BCUT2D eigenvalue weighted by Crippen LogP contribution is 2.50. The van der Waals surface area contributed by atoms with Gasteiger partial charge in [0.2, 0.25) is 5.91 Å². The molecule has 2 rings (SSSR count). The molecule has 2 unspecified atom stereocenters.